The lowest BCUT2D eigenvalue weighted by Crippen LogP contribution is -2.39. The highest BCUT2D eigenvalue weighted by Gasteiger charge is 2.56. The molecule has 4 rings (SSSR count). The van der Waals surface area contributed by atoms with Gasteiger partial charge in [-0.25, -0.2) is 0 Å². The zero-order valence-corrected chi connectivity index (χ0v) is 19.4. The van der Waals surface area contributed by atoms with Crippen LogP contribution >= 0.6 is 0 Å². The number of carbonyl (C=O) groups is 3. The van der Waals surface area contributed by atoms with Gasteiger partial charge in [0.05, 0.1) is 14.2 Å². The Labute approximate surface area is 194 Å². The van der Waals surface area contributed by atoms with E-state index in [0.29, 0.717) is 18.4 Å². The molecular weight excluding hydrogens is 416 g/mol. The molecule has 5 heteroatoms. The van der Waals surface area contributed by atoms with Crippen LogP contribution in [0.5, 0.6) is 0 Å². The molecule has 1 atom stereocenters. The summed E-state index contributed by atoms with van der Waals surface area (Å²) in [6, 6.07) is 20.3. The Kier molecular flexibility index (Phi) is 6.24. The summed E-state index contributed by atoms with van der Waals surface area (Å²) in [5.74, 6) is -1.20. The number of hydrogen-bond donors (Lipinski definition) is 0. The van der Waals surface area contributed by atoms with Gasteiger partial charge in [0.2, 0.25) is 0 Å². The summed E-state index contributed by atoms with van der Waals surface area (Å²) in [4.78, 5) is 39.2. The van der Waals surface area contributed by atoms with Crippen molar-refractivity contribution in [3.05, 3.63) is 82.9 Å². The van der Waals surface area contributed by atoms with Crippen LogP contribution in [-0.4, -0.2) is 31.9 Å². The predicted molar refractivity (Wildman–Crippen MR) is 124 cm³/mol. The van der Waals surface area contributed by atoms with Gasteiger partial charge in [-0.05, 0) is 55.2 Å². The third-order valence-electron chi connectivity index (χ3n) is 7.67. The lowest BCUT2D eigenvalue weighted by molar-refractivity contribution is -0.168. The maximum Gasteiger partial charge on any atom is 0.323 e. The number of allylic oxidation sites excluding steroid dienone is 2. The van der Waals surface area contributed by atoms with Gasteiger partial charge >= 0.3 is 11.9 Å². The second-order valence-corrected chi connectivity index (χ2v) is 9.25. The van der Waals surface area contributed by atoms with E-state index in [9.17, 15) is 14.4 Å². The smallest absolute Gasteiger partial charge is 0.323 e. The minimum atomic E-state index is -1.39. The second-order valence-electron chi connectivity index (χ2n) is 9.25. The van der Waals surface area contributed by atoms with Crippen LogP contribution in [-0.2, 0) is 29.3 Å². The molecule has 1 fully saturated rings. The van der Waals surface area contributed by atoms with Gasteiger partial charge in [-0.3, -0.25) is 14.4 Å². The topological polar surface area (TPSA) is 69.7 Å². The number of ketones is 1. The number of rotatable bonds is 4. The Morgan fingerprint density at radius 3 is 1.85 bits per heavy atom. The molecule has 5 nitrogen and oxygen atoms in total. The average molecular weight is 447 g/mol. The van der Waals surface area contributed by atoms with Crippen molar-refractivity contribution in [1.82, 2.24) is 0 Å². The number of methoxy groups -OCH3 is 2. The molecule has 172 valence electrons. The largest absolute Gasteiger partial charge is 0.468 e. The first-order chi connectivity index (χ1) is 15.9. The molecule has 2 aliphatic rings. The first kappa shape index (κ1) is 23.0. The van der Waals surface area contributed by atoms with E-state index in [-0.39, 0.29) is 18.1 Å². The number of esters is 2. The Morgan fingerprint density at radius 2 is 1.36 bits per heavy atom. The van der Waals surface area contributed by atoms with E-state index >= 15 is 0 Å². The Morgan fingerprint density at radius 1 is 0.848 bits per heavy atom. The monoisotopic (exact) mass is 446 g/mol. The Hall–Kier alpha value is -3.21. The highest BCUT2D eigenvalue weighted by molar-refractivity contribution is 6.02. The van der Waals surface area contributed by atoms with Crippen LogP contribution in [0.25, 0.3) is 0 Å². The fourth-order valence-corrected chi connectivity index (χ4v) is 5.85. The molecule has 0 saturated heterocycles. The predicted octanol–water partition coefficient (Wildman–Crippen LogP) is 4.78. The average Bonchev–Trinajstić information content (AvgIpc) is 3.26. The van der Waals surface area contributed by atoms with Crippen molar-refractivity contribution in [3.63, 3.8) is 0 Å². The fraction of sp³-hybridized carbons (Fsp3) is 0.393. The normalized spacial score (nSPS) is 23.7. The molecule has 1 saturated carbocycles. The molecule has 1 unspecified atom stereocenters. The highest BCUT2D eigenvalue weighted by atomic mass is 16.5. The molecule has 0 N–H and O–H groups in total. The van der Waals surface area contributed by atoms with Crippen molar-refractivity contribution in [2.24, 2.45) is 11.3 Å². The van der Waals surface area contributed by atoms with Crippen molar-refractivity contribution in [2.75, 3.05) is 14.2 Å². The minimum absolute atomic E-state index is 0.0490. The minimum Gasteiger partial charge on any atom is -0.468 e. The van der Waals surface area contributed by atoms with Gasteiger partial charge in [0, 0.05) is 11.8 Å². The Balaban J connectivity index is 1.82. The fourth-order valence-electron chi connectivity index (χ4n) is 5.85. The van der Waals surface area contributed by atoms with Crippen LogP contribution in [0.2, 0.25) is 0 Å². The van der Waals surface area contributed by atoms with Crippen LogP contribution in [0, 0.1) is 11.3 Å². The van der Waals surface area contributed by atoms with Crippen molar-refractivity contribution in [1.29, 1.82) is 0 Å². The summed E-state index contributed by atoms with van der Waals surface area (Å²) in [5, 5.41) is 0. The molecule has 0 radical (unpaired) electrons. The zero-order chi connectivity index (χ0) is 23.6. The zero-order valence-electron chi connectivity index (χ0n) is 19.4. The van der Waals surface area contributed by atoms with E-state index in [0.717, 1.165) is 29.5 Å². The summed E-state index contributed by atoms with van der Waals surface area (Å²) in [6.07, 6.45) is 2.29. The van der Waals surface area contributed by atoms with Gasteiger partial charge in [0.15, 0.2) is 11.2 Å². The maximum absolute atomic E-state index is 13.7. The van der Waals surface area contributed by atoms with E-state index in [4.69, 9.17) is 9.47 Å². The maximum atomic E-state index is 13.7. The van der Waals surface area contributed by atoms with E-state index < -0.39 is 22.8 Å². The van der Waals surface area contributed by atoms with Gasteiger partial charge < -0.3 is 9.47 Å². The first-order valence-electron chi connectivity index (χ1n) is 11.4. The number of ether oxygens (including phenoxy) is 2. The molecule has 33 heavy (non-hydrogen) atoms. The van der Waals surface area contributed by atoms with E-state index in [1.54, 1.807) is 0 Å². The van der Waals surface area contributed by atoms with E-state index in [2.05, 4.69) is 24.3 Å². The molecular formula is C28H30O5. The summed E-state index contributed by atoms with van der Waals surface area (Å²) in [5.41, 5.74) is 1.89. The summed E-state index contributed by atoms with van der Waals surface area (Å²) >= 11 is 0. The molecule has 0 spiro atoms. The number of benzene rings is 2. The van der Waals surface area contributed by atoms with Gasteiger partial charge in [-0.1, -0.05) is 66.2 Å². The van der Waals surface area contributed by atoms with Crippen molar-refractivity contribution >= 4 is 17.7 Å². The van der Waals surface area contributed by atoms with Crippen molar-refractivity contribution in [3.8, 4) is 0 Å². The van der Waals surface area contributed by atoms with Crippen LogP contribution in [0.4, 0.5) is 0 Å². The van der Waals surface area contributed by atoms with Gasteiger partial charge in [0.25, 0.3) is 0 Å². The number of fused-ring (bicyclic) bond motifs is 1. The molecule has 2 aromatic rings. The quantitative estimate of drug-likeness (QED) is 0.499. The summed E-state index contributed by atoms with van der Waals surface area (Å²) in [7, 11) is 2.57. The van der Waals surface area contributed by atoms with Gasteiger partial charge in [-0.2, -0.15) is 0 Å². The summed E-state index contributed by atoms with van der Waals surface area (Å²) < 4.78 is 10.0. The standard InChI is InChI=1S/C28H30O5/c1-19-23-17-28(25(30)32-2,26(31)33-3)16-20(23)14-15-27(18-24(19)29,21-10-6-4-7-11-21)22-12-8-5-9-13-22/h4-13,20H,14-18H2,1-3H3/b23-19-. The highest BCUT2D eigenvalue weighted by Crippen LogP contribution is 2.53. The lowest BCUT2D eigenvalue weighted by Gasteiger charge is -2.38. The third-order valence-corrected chi connectivity index (χ3v) is 7.67. The van der Waals surface area contributed by atoms with Gasteiger partial charge in [-0.15, -0.1) is 0 Å². The van der Waals surface area contributed by atoms with Crippen LogP contribution < -0.4 is 0 Å². The van der Waals surface area contributed by atoms with Crippen LogP contribution in [0.3, 0.4) is 0 Å². The first-order valence-corrected chi connectivity index (χ1v) is 11.4. The third kappa shape index (κ3) is 3.79. The van der Waals surface area contributed by atoms with E-state index in [1.165, 1.54) is 14.2 Å². The lowest BCUT2D eigenvalue weighted by atomic mass is 9.65. The molecule has 0 aromatic heterocycles. The van der Waals surface area contributed by atoms with Crippen molar-refractivity contribution in [2.45, 2.75) is 44.4 Å². The van der Waals surface area contributed by atoms with Crippen molar-refractivity contribution < 1.29 is 23.9 Å². The van der Waals surface area contributed by atoms with E-state index in [1.807, 2.05) is 43.3 Å². The molecule has 0 bridgehead atoms. The molecule has 0 amide bonds. The number of hydrogen-bond acceptors (Lipinski definition) is 5. The molecule has 2 aliphatic carbocycles. The van der Waals surface area contributed by atoms with Crippen LogP contribution in [0.1, 0.15) is 50.2 Å². The summed E-state index contributed by atoms with van der Waals surface area (Å²) in [6.45, 7) is 1.83. The Bertz CT molecular complexity index is 1030. The molecule has 0 aliphatic heterocycles. The molecule has 0 heterocycles. The number of carbonyl (C=O) groups excluding carboxylic acids is 3. The number of Topliss-reactive ketones (excluding diaryl/α,β-unsaturated/α-hetero) is 1. The second kappa shape index (κ2) is 8.97. The van der Waals surface area contributed by atoms with Crippen LogP contribution in [0.15, 0.2) is 71.8 Å². The molecule has 2 aromatic carbocycles. The van der Waals surface area contributed by atoms with Gasteiger partial charge in [0.1, 0.15) is 0 Å². The SMILES string of the molecule is COC(=O)C1(C(=O)OC)C/C2=C(\C)C(=O)CC(c3ccccc3)(c3ccccc3)CCC2C1.